The summed E-state index contributed by atoms with van der Waals surface area (Å²) in [7, 11) is 13.6. The van der Waals surface area contributed by atoms with E-state index in [1.54, 1.807) is 56.9 Å². The zero-order chi connectivity index (χ0) is 47.7. The molecule has 12 heteroatoms. The van der Waals surface area contributed by atoms with Crippen LogP contribution in [0.15, 0.2) is 60.7 Å². The predicted octanol–water partition coefficient (Wildman–Crippen LogP) is 12.7. The van der Waals surface area contributed by atoms with Crippen LogP contribution >= 0.6 is 31.9 Å². The molecule has 67 heavy (non-hydrogen) atoms. The highest BCUT2D eigenvalue weighted by atomic mass is 79.9. The summed E-state index contributed by atoms with van der Waals surface area (Å²) in [5.41, 5.74) is 9.54. The molecule has 0 aliphatic heterocycles. The van der Waals surface area contributed by atoms with Crippen molar-refractivity contribution < 1.29 is 47.4 Å². The highest BCUT2D eigenvalue weighted by molar-refractivity contribution is 9.09. The first kappa shape index (κ1) is 51.5. The molecule has 0 heterocycles. The summed E-state index contributed by atoms with van der Waals surface area (Å²) in [4.78, 5) is 0. The lowest BCUT2D eigenvalue weighted by molar-refractivity contribution is 0.299. The molecule has 362 valence electrons. The molecule has 10 bridgehead atoms. The molecule has 0 saturated heterocycles. The van der Waals surface area contributed by atoms with E-state index in [2.05, 4.69) is 80.4 Å². The van der Waals surface area contributed by atoms with Crippen molar-refractivity contribution in [2.75, 3.05) is 80.8 Å². The molecule has 0 amide bonds. The Kier molecular flexibility index (Phi) is 20.0. The monoisotopic (exact) mass is 1050 g/mol. The smallest absolute Gasteiger partial charge is 0.123 e. The van der Waals surface area contributed by atoms with E-state index >= 15 is 0 Å². The number of hydrogen-bond donors (Lipinski definition) is 0. The van der Waals surface area contributed by atoms with Gasteiger partial charge in [0.2, 0.25) is 0 Å². The number of methoxy groups -OCH3 is 8. The Morgan fingerprint density at radius 3 is 0.642 bits per heavy atom. The highest BCUT2D eigenvalue weighted by Crippen LogP contribution is 2.42. The van der Waals surface area contributed by atoms with Crippen LogP contribution in [-0.2, 0) is 32.1 Å². The van der Waals surface area contributed by atoms with Crippen LogP contribution in [0.25, 0.3) is 0 Å². The average molecular weight is 1050 g/mol. The van der Waals surface area contributed by atoms with Crippen LogP contribution in [0.5, 0.6) is 57.5 Å². The third-order valence-corrected chi connectivity index (χ3v) is 13.6. The van der Waals surface area contributed by atoms with Gasteiger partial charge in [-0.05, 0) is 86.3 Å². The second-order valence-corrected chi connectivity index (χ2v) is 18.3. The second kappa shape index (κ2) is 26.0. The molecule has 5 aromatic carbocycles. The first-order chi connectivity index (χ1) is 32.7. The van der Waals surface area contributed by atoms with Gasteiger partial charge in [-0.2, -0.15) is 0 Å². The molecule has 0 N–H and O–H groups in total. The number of benzene rings is 5. The van der Waals surface area contributed by atoms with Gasteiger partial charge in [0.05, 0.1) is 70.1 Å². The lowest BCUT2D eigenvalue weighted by atomic mass is 9.94. The van der Waals surface area contributed by atoms with Crippen LogP contribution in [0.4, 0.5) is 0 Å². The van der Waals surface area contributed by atoms with E-state index in [-0.39, 0.29) is 0 Å². The summed E-state index contributed by atoms with van der Waals surface area (Å²) >= 11 is 7.15. The van der Waals surface area contributed by atoms with E-state index in [1.807, 2.05) is 12.1 Å². The maximum Gasteiger partial charge on any atom is 0.123 e. The third kappa shape index (κ3) is 13.2. The number of alkyl halides is 2. The Morgan fingerprint density at radius 1 is 0.269 bits per heavy atom. The Bertz CT molecular complexity index is 2380. The van der Waals surface area contributed by atoms with Gasteiger partial charge in [0.15, 0.2) is 0 Å². The van der Waals surface area contributed by atoms with Crippen molar-refractivity contribution in [3.05, 3.63) is 116 Å². The number of halogens is 2. The molecule has 0 unspecified atom stereocenters. The lowest BCUT2D eigenvalue weighted by Crippen LogP contribution is -2.07. The van der Waals surface area contributed by atoms with E-state index in [0.29, 0.717) is 45.3 Å². The van der Waals surface area contributed by atoms with E-state index in [0.717, 1.165) is 175 Å². The fraction of sp³-hybridized carbons (Fsp3) is 0.455. The standard InChI is InChI=1S/C55H68Br2O10/c1-58-46-27-37-22-39-29-51(63-6)41(31-50(39)62-5)24-44-32-53(65-8)43(35-55(44)67-20-16-12-10-14-18-57)25-45-33-52(64-7)42(34-54(45)66-19-15-11-9-13-17-56)23-40-30-48(60-3)38(28-49(40)61-4)21-36(46)26-47(37)59-2/h26-35H,9-25H2,1-8H3. The third-order valence-electron chi connectivity index (χ3n) is 12.5. The van der Waals surface area contributed by atoms with Gasteiger partial charge in [-0.25, -0.2) is 0 Å². The van der Waals surface area contributed by atoms with Crippen LogP contribution in [0.3, 0.4) is 0 Å². The Hall–Kier alpha value is -4.94. The molecular weight excluding hydrogens is 980 g/mol. The number of hydrogen-bond acceptors (Lipinski definition) is 10. The largest absolute Gasteiger partial charge is 0.496 e. The maximum atomic E-state index is 6.73. The predicted molar refractivity (Wildman–Crippen MR) is 274 cm³/mol. The minimum atomic E-state index is 0.503. The Labute approximate surface area is 415 Å². The molecule has 15 rings (SSSR count). The first-order valence-electron chi connectivity index (χ1n) is 23.2. The fourth-order valence-corrected chi connectivity index (χ4v) is 9.67. The van der Waals surface area contributed by atoms with Gasteiger partial charge < -0.3 is 47.4 Å². The van der Waals surface area contributed by atoms with E-state index in [1.165, 1.54) is 0 Å². The second-order valence-electron chi connectivity index (χ2n) is 16.8. The van der Waals surface area contributed by atoms with Crippen molar-refractivity contribution in [2.24, 2.45) is 0 Å². The molecule has 0 saturated carbocycles. The summed E-state index contributed by atoms with van der Waals surface area (Å²) in [5, 5.41) is 2.01. The van der Waals surface area contributed by atoms with E-state index in [9.17, 15) is 0 Å². The van der Waals surface area contributed by atoms with Crippen molar-refractivity contribution in [3.8, 4) is 57.5 Å². The molecule has 0 atom stereocenters. The van der Waals surface area contributed by atoms with Crippen molar-refractivity contribution in [1.29, 1.82) is 0 Å². The SMILES string of the molecule is COc1cc2c(OC)cc1Cc1cc(OC)c(cc1OC)Cc1cc(OCCCCCCBr)c(cc1OC)Cc1cc(OCCCCCCBr)c(cc1OC)Cc1cc(OC)c(cc1OC)C2. The molecule has 10 aliphatic rings. The molecule has 0 spiro atoms. The molecule has 0 aromatic heterocycles. The molecule has 10 nitrogen and oxygen atoms in total. The summed E-state index contributed by atoms with van der Waals surface area (Å²) in [6.45, 7) is 1.18. The van der Waals surface area contributed by atoms with E-state index in [4.69, 9.17) is 47.4 Å². The molecule has 5 aromatic rings. The van der Waals surface area contributed by atoms with Gasteiger partial charge in [-0.3, -0.25) is 0 Å². The van der Waals surface area contributed by atoms with Crippen LogP contribution in [0.2, 0.25) is 0 Å². The number of unbranched alkanes of at least 4 members (excludes halogenated alkanes) is 6. The van der Waals surface area contributed by atoms with E-state index < -0.39 is 0 Å². The Balaban J connectivity index is 1.57. The molecular formula is C55H68Br2O10. The topological polar surface area (TPSA) is 92.3 Å². The zero-order valence-electron chi connectivity index (χ0n) is 40.6. The van der Waals surface area contributed by atoms with Gasteiger partial charge in [0.25, 0.3) is 0 Å². The maximum absolute atomic E-state index is 6.73. The lowest BCUT2D eigenvalue weighted by Gasteiger charge is -2.21. The summed E-state index contributed by atoms with van der Waals surface area (Å²) in [6.07, 6.45) is 11.2. The minimum absolute atomic E-state index is 0.503. The van der Waals surface area contributed by atoms with Gasteiger partial charge >= 0.3 is 0 Å². The van der Waals surface area contributed by atoms with Gasteiger partial charge in [0.1, 0.15) is 57.5 Å². The molecule has 0 fully saturated rings. The average Bonchev–Trinajstić information content (AvgIpc) is 3.35. The molecule has 0 radical (unpaired) electrons. The minimum Gasteiger partial charge on any atom is -0.496 e. The number of ether oxygens (including phenoxy) is 10. The van der Waals surface area contributed by atoms with Crippen molar-refractivity contribution in [2.45, 2.75) is 83.5 Å². The van der Waals surface area contributed by atoms with Gasteiger partial charge in [-0.15, -0.1) is 0 Å². The van der Waals surface area contributed by atoms with Gasteiger partial charge in [-0.1, -0.05) is 57.5 Å². The summed E-state index contributed by atoms with van der Waals surface area (Å²) < 4.78 is 62.4. The van der Waals surface area contributed by atoms with Crippen molar-refractivity contribution >= 4 is 31.9 Å². The highest BCUT2D eigenvalue weighted by Gasteiger charge is 2.23. The van der Waals surface area contributed by atoms with Crippen LogP contribution < -0.4 is 47.4 Å². The first-order valence-corrected chi connectivity index (χ1v) is 25.5. The summed E-state index contributed by atoms with van der Waals surface area (Å²) in [5.74, 6) is 7.46. The van der Waals surface area contributed by atoms with Crippen molar-refractivity contribution in [3.63, 3.8) is 0 Å². The zero-order valence-corrected chi connectivity index (χ0v) is 43.8. The quantitative estimate of drug-likeness (QED) is 0.0483. The summed E-state index contributed by atoms with van der Waals surface area (Å²) in [6, 6.07) is 20.8. The van der Waals surface area contributed by atoms with Gasteiger partial charge in [0, 0.05) is 98.4 Å². The fourth-order valence-electron chi connectivity index (χ4n) is 8.88. The van der Waals surface area contributed by atoms with Crippen LogP contribution in [-0.4, -0.2) is 80.8 Å². The Morgan fingerprint density at radius 2 is 0.448 bits per heavy atom. The van der Waals surface area contributed by atoms with Crippen LogP contribution in [0, 0.1) is 0 Å². The van der Waals surface area contributed by atoms with Crippen LogP contribution in [0.1, 0.15) is 107 Å². The molecule has 10 aliphatic carbocycles. The van der Waals surface area contributed by atoms with Crippen molar-refractivity contribution in [1.82, 2.24) is 0 Å². The number of rotatable bonds is 22. The normalized spacial score (nSPS) is 12.1.